The van der Waals surface area contributed by atoms with E-state index >= 15 is 0 Å². The first-order valence-corrected chi connectivity index (χ1v) is 7.91. The number of hydrogen-bond donors (Lipinski definition) is 4. The number of aliphatic hydroxyl groups excluding tert-OH is 4. The number of aliphatic hydroxyl groups is 4. The molecule has 2 unspecified atom stereocenters. The molecule has 0 aromatic heterocycles. The van der Waals surface area contributed by atoms with Gasteiger partial charge in [0.2, 0.25) is 0 Å². The summed E-state index contributed by atoms with van der Waals surface area (Å²) in [5, 5.41) is 38.5. The molecule has 4 N–H and O–H groups in total. The van der Waals surface area contributed by atoms with Crippen LogP contribution in [0.4, 0.5) is 0 Å². The maximum atomic E-state index is 12.0. The van der Waals surface area contributed by atoms with Crippen LogP contribution < -0.4 is 0 Å². The summed E-state index contributed by atoms with van der Waals surface area (Å²) in [7, 11) is 0. The van der Waals surface area contributed by atoms with E-state index < -0.39 is 49.0 Å². The van der Waals surface area contributed by atoms with E-state index in [1.807, 2.05) is 0 Å². The van der Waals surface area contributed by atoms with Crippen LogP contribution in [0.15, 0.2) is 0 Å². The molecule has 0 saturated carbocycles. The summed E-state index contributed by atoms with van der Waals surface area (Å²) in [6.45, 7) is 3.41. The van der Waals surface area contributed by atoms with E-state index in [1.165, 1.54) is 6.92 Å². The van der Waals surface area contributed by atoms with Crippen LogP contribution in [0.25, 0.3) is 0 Å². The molecule has 0 aliphatic carbocycles. The monoisotopic (exact) mass is 320 g/mol. The zero-order valence-electron chi connectivity index (χ0n) is 13.2. The molecule has 130 valence electrons. The number of carbonyl (C=O) groups is 1. The summed E-state index contributed by atoms with van der Waals surface area (Å²) in [5.74, 6) is -1.33. The number of hydrogen-bond acceptors (Lipinski definition) is 7. The third kappa shape index (κ3) is 4.89. The lowest BCUT2D eigenvalue weighted by Crippen LogP contribution is -2.60. The number of esters is 1. The number of unbranched alkanes of at least 4 members (excludes halogenated alkanes) is 3. The average Bonchev–Trinajstić information content (AvgIpc) is 2.52. The zero-order valence-corrected chi connectivity index (χ0v) is 13.2. The van der Waals surface area contributed by atoms with Crippen LogP contribution in [0, 0.1) is 5.92 Å². The molecule has 0 radical (unpaired) electrons. The SMILES string of the molecule is CCCCCCOC(=O)C(C)C1O[C@H](CO)[C@@H](O)[C@H](O)[C@@H]1O. The normalized spacial score (nSPS) is 33.5. The van der Waals surface area contributed by atoms with Gasteiger partial charge < -0.3 is 29.9 Å². The van der Waals surface area contributed by atoms with Crippen molar-refractivity contribution in [2.24, 2.45) is 5.92 Å². The van der Waals surface area contributed by atoms with Gasteiger partial charge in [-0.05, 0) is 13.3 Å². The van der Waals surface area contributed by atoms with Crippen molar-refractivity contribution < 1.29 is 34.7 Å². The fraction of sp³-hybridized carbons (Fsp3) is 0.933. The van der Waals surface area contributed by atoms with Crippen molar-refractivity contribution >= 4 is 5.97 Å². The van der Waals surface area contributed by atoms with Crippen molar-refractivity contribution in [2.75, 3.05) is 13.2 Å². The van der Waals surface area contributed by atoms with E-state index in [0.717, 1.165) is 25.7 Å². The second-order valence-electron chi connectivity index (χ2n) is 5.81. The molecule has 1 aliphatic rings. The summed E-state index contributed by atoms with van der Waals surface area (Å²) < 4.78 is 10.5. The van der Waals surface area contributed by atoms with Gasteiger partial charge in [-0.2, -0.15) is 0 Å². The van der Waals surface area contributed by atoms with Gasteiger partial charge in [0, 0.05) is 0 Å². The van der Waals surface area contributed by atoms with Crippen LogP contribution >= 0.6 is 0 Å². The van der Waals surface area contributed by atoms with E-state index in [-0.39, 0.29) is 0 Å². The van der Waals surface area contributed by atoms with E-state index in [4.69, 9.17) is 14.6 Å². The lowest BCUT2D eigenvalue weighted by Gasteiger charge is -2.41. The van der Waals surface area contributed by atoms with Gasteiger partial charge >= 0.3 is 5.97 Å². The van der Waals surface area contributed by atoms with Crippen molar-refractivity contribution in [3.8, 4) is 0 Å². The molecule has 0 spiro atoms. The molecule has 0 aromatic carbocycles. The maximum Gasteiger partial charge on any atom is 0.311 e. The quantitative estimate of drug-likeness (QED) is 0.355. The molecule has 0 bridgehead atoms. The predicted octanol–water partition coefficient (Wildman–Crippen LogP) is -0.412. The molecule has 1 heterocycles. The smallest absolute Gasteiger partial charge is 0.311 e. The highest BCUT2D eigenvalue weighted by Gasteiger charge is 2.47. The zero-order chi connectivity index (χ0) is 16.7. The molecule has 1 aliphatic heterocycles. The highest BCUT2D eigenvalue weighted by Crippen LogP contribution is 2.26. The van der Waals surface area contributed by atoms with E-state index in [1.54, 1.807) is 0 Å². The molecule has 0 amide bonds. The first-order valence-electron chi connectivity index (χ1n) is 7.91. The summed E-state index contributed by atoms with van der Waals surface area (Å²) >= 11 is 0. The Hall–Kier alpha value is -0.730. The Morgan fingerprint density at radius 1 is 1.14 bits per heavy atom. The highest BCUT2D eigenvalue weighted by molar-refractivity contribution is 5.72. The molecule has 7 heteroatoms. The molecule has 1 fully saturated rings. The topological polar surface area (TPSA) is 116 Å². The van der Waals surface area contributed by atoms with Crippen LogP contribution in [0.1, 0.15) is 39.5 Å². The molecule has 6 atom stereocenters. The van der Waals surface area contributed by atoms with Crippen LogP contribution in [-0.4, -0.2) is 70.1 Å². The van der Waals surface area contributed by atoms with Crippen molar-refractivity contribution in [3.05, 3.63) is 0 Å². The summed E-state index contributed by atoms with van der Waals surface area (Å²) in [5.41, 5.74) is 0. The van der Waals surface area contributed by atoms with Gasteiger partial charge in [0.1, 0.15) is 24.4 Å². The lowest BCUT2D eigenvalue weighted by atomic mass is 9.89. The second-order valence-corrected chi connectivity index (χ2v) is 5.81. The Morgan fingerprint density at radius 3 is 2.41 bits per heavy atom. The van der Waals surface area contributed by atoms with Gasteiger partial charge in [0.15, 0.2) is 0 Å². The average molecular weight is 320 g/mol. The van der Waals surface area contributed by atoms with Crippen LogP contribution in [-0.2, 0) is 14.3 Å². The summed E-state index contributed by atoms with van der Waals surface area (Å²) in [6, 6.07) is 0. The largest absolute Gasteiger partial charge is 0.465 e. The van der Waals surface area contributed by atoms with Crippen molar-refractivity contribution in [3.63, 3.8) is 0 Å². The van der Waals surface area contributed by atoms with Crippen molar-refractivity contribution in [2.45, 2.75) is 70.1 Å². The molecule has 0 aromatic rings. The third-order valence-electron chi connectivity index (χ3n) is 4.04. The Labute approximate surface area is 130 Å². The Morgan fingerprint density at radius 2 is 1.82 bits per heavy atom. The van der Waals surface area contributed by atoms with Gasteiger partial charge in [0.25, 0.3) is 0 Å². The molecule has 7 nitrogen and oxygen atoms in total. The van der Waals surface area contributed by atoms with E-state index in [0.29, 0.717) is 6.61 Å². The van der Waals surface area contributed by atoms with Crippen LogP contribution in [0.2, 0.25) is 0 Å². The second kappa shape index (κ2) is 9.42. The molecular formula is C15H28O7. The van der Waals surface area contributed by atoms with Crippen LogP contribution in [0.3, 0.4) is 0 Å². The Bertz CT molecular complexity index is 334. The Kier molecular flexibility index (Phi) is 8.27. The van der Waals surface area contributed by atoms with Gasteiger partial charge in [-0.3, -0.25) is 4.79 Å². The third-order valence-corrected chi connectivity index (χ3v) is 4.04. The minimum atomic E-state index is -1.48. The molecule has 22 heavy (non-hydrogen) atoms. The summed E-state index contributed by atoms with van der Waals surface area (Å²) in [4.78, 5) is 12.0. The van der Waals surface area contributed by atoms with Crippen molar-refractivity contribution in [1.29, 1.82) is 0 Å². The van der Waals surface area contributed by atoms with Crippen molar-refractivity contribution in [1.82, 2.24) is 0 Å². The Balaban J connectivity index is 2.51. The first-order chi connectivity index (χ1) is 10.4. The minimum Gasteiger partial charge on any atom is -0.465 e. The minimum absolute atomic E-state index is 0.306. The van der Waals surface area contributed by atoms with Gasteiger partial charge in [-0.25, -0.2) is 0 Å². The standard InChI is InChI=1S/C15H28O7/c1-3-4-5-6-7-21-15(20)9(2)14-13(19)12(18)11(17)10(8-16)22-14/h9-14,16-19H,3-8H2,1-2H3/t9?,10-,11-,12+,13+,14?/m1/s1. The first kappa shape index (κ1) is 19.3. The number of rotatable bonds is 8. The molecule has 1 rings (SSSR count). The fourth-order valence-corrected chi connectivity index (χ4v) is 2.51. The molecule has 1 saturated heterocycles. The number of ether oxygens (including phenoxy) is 2. The molecular weight excluding hydrogens is 292 g/mol. The fourth-order valence-electron chi connectivity index (χ4n) is 2.51. The van der Waals surface area contributed by atoms with Gasteiger partial charge in [0.05, 0.1) is 25.2 Å². The lowest BCUT2D eigenvalue weighted by molar-refractivity contribution is -0.241. The highest BCUT2D eigenvalue weighted by atomic mass is 16.6. The number of carbonyl (C=O) groups excluding carboxylic acids is 1. The van der Waals surface area contributed by atoms with E-state index in [2.05, 4.69) is 6.92 Å². The summed E-state index contributed by atoms with van der Waals surface area (Å²) in [6.07, 6.45) is -2.42. The predicted molar refractivity (Wildman–Crippen MR) is 78.0 cm³/mol. The van der Waals surface area contributed by atoms with Crippen LogP contribution in [0.5, 0.6) is 0 Å². The van der Waals surface area contributed by atoms with Gasteiger partial charge in [-0.1, -0.05) is 26.2 Å². The van der Waals surface area contributed by atoms with Gasteiger partial charge in [-0.15, -0.1) is 0 Å². The maximum absolute atomic E-state index is 12.0. The van der Waals surface area contributed by atoms with E-state index in [9.17, 15) is 20.1 Å².